The number of carbonyl (C=O) groups excluding carboxylic acids is 4. The third-order valence-corrected chi connectivity index (χ3v) is 12.8. The number of nitrogens with zero attached hydrogens (tertiary/aromatic N) is 2. The molecule has 2 N–H and O–H groups in total. The van der Waals surface area contributed by atoms with E-state index >= 15 is 0 Å². The number of amides is 2. The van der Waals surface area contributed by atoms with Crippen molar-refractivity contribution in [3.63, 3.8) is 0 Å². The number of hydrogen-bond donors (Lipinski definition) is 2. The van der Waals surface area contributed by atoms with Crippen LogP contribution in [0.4, 0.5) is 9.59 Å². The molecule has 2 aromatic carbocycles. The third-order valence-electron chi connectivity index (χ3n) is 12.8. The zero-order valence-corrected chi connectivity index (χ0v) is 50.8. The van der Waals surface area contributed by atoms with Gasteiger partial charge in [-0.05, 0) is 141 Å². The normalized spacial score (nSPS) is 11.5. The van der Waals surface area contributed by atoms with Gasteiger partial charge in [0.15, 0.2) is 0 Å². The highest BCUT2D eigenvalue weighted by molar-refractivity contribution is 5.70. The number of esters is 2. The van der Waals surface area contributed by atoms with Gasteiger partial charge in [-0.25, -0.2) is 9.59 Å². The monoisotopic (exact) mass is 1120 g/mol. The second-order valence-corrected chi connectivity index (χ2v) is 23.0. The minimum Gasteiger partial charge on any atom is -0.481 e. The van der Waals surface area contributed by atoms with E-state index in [1.807, 2.05) is 90.1 Å². The molecule has 0 bridgehead atoms. The molecule has 452 valence electrons. The zero-order valence-electron chi connectivity index (χ0n) is 50.8. The van der Waals surface area contributed by atoms with Gasteiger partial charge in [0.05, 0.1) is 0 Å². The average molecular weight is 1120 g/mol. The molecule has 0 aromatic heterocycles. The van der Waals surface area contributed by atoms with Crippen molar-refractivity contribution in [2.45, 2.75) is 259 Å². The molecule has 0 radical (unpaired) electrons. The van der Waals surface area contributed by atoms with Gasteiger partial charge in [0.1, 0.15) is 24.4 Å². The van der Waals surface area contributed by atoms with Crippen LogP contribution in [0.3, 0.4) is 0 Å². The molecule has 14 heteroatoms. The standard InChI is InChI=1S/C42H69NO6.C24H37NO6/c1-6-8-10-12-14-19-23-33-47-39(44)30-21-17-16-18-22-32-43(41(46)49-42(3,4)5)36-38-29-25-27-37(35-38)28-26-31-40(45)48-34-24-20-15-13-11-9-7-2;1-24(2,3)31-23(30)25(16-8-6-4-5-7-14-21(26)27)18-20-13-9-11-19(17-20)12-10-15-22(28)29/h19-20,23-25,27,29,35H,6-18,21-22,26,28,30-34,36H2,1-5H3;9,11,13,17H,4-8,10,12,14-16,18H2,1-3H3,(H,26,27)(H,28,29)/b23-19-,24-20-;. The van der Waals surface area contributed by atoms with E-state index in [0.717, 1.165) is 99.3 Å². The number of ether oxygens (including phenoxy) is 4. The Morgan fingerprint density at radius 2 is 0.787 bits per heavy atom. The fourth-order valence-corrected chi connectivity index (χ4v) is 8.60. The van der Waals surface area contributed by atoms with Gasteiger partial charge in [0.25, 0.3) is 0 Å². The lowest BCUT2D eigenvalue weighted by atomic mass is 10.0. The van der Waals surface area contributed by atoms with Crippen LogP contribution in [-0.4, -0.2) is 93.6 Å². The van der Waals surface area contributed by atoms with E-state index in [1.165, 1.54) is 51.4 Å². The lowest BCUT2D eigenvalue weighted by molar-refractivity contribution is -0.143. The second kappa shape index (κ2) is 45.0. The van der Waals surface area contributed by atoms with Crippen LogP contribution in [0.25, 0.3) is 0 Å². The minimum atomic E-state index is -0.796. The molecular weight excluding hydrogens is 1010 g/mol. The Kier molecular flexibility index (Phi) is 40.7. The van der Waals surface area contributed by atoms with E-state index in [9.17, 15) is 28.8 Å². The van der Waals surface area contributed by atoms with Gasteiger partial charge in [-0.2, -0.15) is 0 Å². The Morgan fingerprint density at radius 3 is 1.20 bits per heavy atom. The maximum atomic E-state index is 13.1. The molecule has 2 amide bonds. The Morgan fingerprint density at radius 1 is 0.438 bits per heavy atom. The number of benzene rings is 2. The van der Waals surface area contributed by atoms with Crippen LogP contribution in [-0.2, 0) is 64.1 Å². The number of hydrogen-bond acceptors (Lipinski definition) is 10. The molecule has 2 aromatic rings. The first-order valence-electron chi connectivity index (χ1n) is 30.4. The summed E-state index contributed by atoms with van der Waals surface area (Å²) >= 11 is 0. The Bertz CT molecular complexity index is 2070. The molecule has 0 aliphatic rings. The van der Waals surface area contributed by atoms with Crippen LogP contribution in [0.15, 0.2) is 72.8 Å². The van der Waals surface area contributed by atoms with Crippen LogP contribution in [0.2, 0.25) is 0 Å². The van der Waals surface area contributed by atoms with Gasteiger partial charge < -0.3 is 39.0 Å². The summed E-state index contributed by atoms with van der Waals surface area (Å²) in [5.41, 5.74) is 3.07. The predicted octanol–water partition coefficient (Wildman–Crippen LogP) is 16.5. The van der Waals surface area contributed by atoms with E-state index in [0.29, 0.717) is 77.9 Å². The van der Waals surface area contributed by atoms with Gasteiger partial charge in [-0.15, -0.1) is 0 Å². The predicted molar refractivity (Wildman–Crippen MR) is 320 cm³/mol. The van der Waals surface area contributed by atoms with E-state index in [-0.39, 0.29) is 37.0 Å². The summed E-state index contributed by atoms with van der Waals surface area (Å²) in [4.78, 5) is 74.8. The Balaban J connectivity index is 0.000000885. The highest BCUT2D eigenvalue weighted by atomic mass is 16.6. The van der Waals surface area contributed by atoms with Crippen molar-refractivity contribution in [2.24, 2.45) is 0 Å². The van der Waals surface area contributed by atoms with Gasteiger partial charge in [0, 0.05) is 51.9 Å². The summed E-state index contributed by atoms with van der Waals surface area (Å²) in [5.74, 6) is -1.86. The Labute approximate surface area is 482 Å². The van der Waals surface area contributed by atoms with Gasteiger partial charge in [0.2, 0.25) is 0 Å². The van der Waals surface area contributed by atoms with Crippen LogP contribution in [0, 0.1) is 0 Å². The van der Waals surface area contributed by atoms with E-state index in [2.05, 4.69) is 38.1 Å². The smallest absolute Gasteiger partial charge is 0.410 e. The number of aryl methyl sites for hydroxylation is 2. The molecule has 0 spiro atoms. The van der Waals surface area contributed by atoms with Crippen LogP contribution in [0.1, 0.15) is 245 Å². The highest BCUT2D eigenvalue weighted by Crippen LogP contribution is 2.19. The molecule has 80 heavy (non-hydrogen) atoms. The molecule has 0 atom stereocenters. The summed E-state index contributed by atoms with van der Waals surface area (Å²) in [5, 5.41) is 17.5. The summed E-state index contributed by atoms with van der Waals surface area (Å²) in [6.07, 6.45) is 32.2. The molecule has 0 saturated heterocycles. The molecule has 0 aliphatic carbocycles. The first-order valence-corrected chi connectivity index (χ1v) is 30.4. The number of carboxylic acids is 2. The van der Waals surface area contributed by atoms with Crippen molar-refractivity contribution in [1.29, 1.82) is 0 Å². The number of rotatable bonds is 42. The zero-order chi connectivity index (χ0) is 59.3. The average Bonchev–Trinajstić information content (AvgIpc) is 3.38. The van der Waals surface area contributed by atoms with Crippen molar-refractivity contribution >= 4 is 36.1 Å². The molecule has 14 nitrogen and oxygen atoms in total. The molecule has 2 rings (SSSR count). The molecule has 0 saturated carbocycles. The van der Waals surface area contributed by atoms with Crippen LogP contribution < -0.4 is 0 Å². The van der Waals surface area contributed by atoms with Gasteiger partial charge in [-0.1, -0.05) is 164 Å². The Hall–Kier alpha value is -5.66. The maximum absolute atomic E-state index is 13.1. The quantitative estimate of drug-likeness (QED) is 0.0278. The van der Waals surface area contributed by atoms with Crippen molar-refractivity contribution in [3.8, 4) is 0 Å². The second-order valence-electron chi connectivity index (χ2n) is 23.0. The topological polar surface area (TPSA) is 186 Å². The largest absolute Gasteiger partial charge is 0.481 e. The van der Waals surface area contributed by atoms with Crippen molar-refractivity contribution in [1.82, 2.24) is 9.80 Å². The SMILES string of the molecule is CC(C)(C)OC(=O)N(CCCCCCCC(=O)O)Cc1cccc(CCCC(=O)O)c1.CCCCCC/C=C\COC(=O)CCCCCCCN(Cc1cccc(CCCC(=O)OC/C=C\CCCCCC)c1)C(=O)OC(C)(C)C. The summed E-state index contributed by atoms with van der Waals surface area (Å²) in [6, 6.07) is 16.1. The van der Waals surface area contributed by atoms with Crippen LogP contribution in [0.5, 0.6) is 0 Å². The highest BCUT2D eigenvalue weighted by Gasteiger charge is 2.24. The number of allylic oxidation sites excluding steroid dienone is 2. The van der Waals surface area contributed by atoms with Crippen molar-refractivity contribution < 1.29 is 57.9 Å². The number of unbranched alkanes of at least 4 members (excludes halogenated alkanes) is 16. The van der Waals surface area contributed by atoms with Gasteiger partial charge >= 0.3 is 36.1 Å². The van der Waals surface area contributed by atoms with Crippen LogP contribution >= 0.6 is 0 Å². The number of carboxylic acid groups (broad SMARTS) is 2. The van der Waals surface area contributed by atoms with Gasteiger partial charge in [-0.3, -0.25) is 19.2 Å². The first-order chi connectivity index (χ1) is 38.2. The third kappa shape index (κ3) is 43.2. The first kappa shape index (κ1) is 72.4. The lowest BCUT2D eigenvalue weighted by Gasteiger charge is -2.27. The van der Waals surface area contributed by atoms with E-state index < -0.39 is 23.1 Å². The number of aliphatic carboxylic acids is 2. The summed E-state index contributed by atoms with van der Waals surface area (Å²) in [6.45, 7) is 18.4. The van der Waals surface area contributed by atoms with E-state index in [4.69, 9.17) is 29.2 Å². The van der Waals surface area contributed by atoms with Crippen molar-refractivity contribution in [2.75, 3.05) is 26.3 Å². The molecule has 0 heterocycles. The van der Waals surface area contributed by atoms with E-state index in [1.54, 1.807) is 9.80 Å². The summed E-state index contributed by atoms with van der Waals surface area (Å²) in [7, 11) is 0. The molecule has 0 fully saturated rings. The fourth-order valence-electron chi connectivity index (χ4n) is 8.60. The molecule has 0 unspecified atom stereocenters. The lowest BCUT2D eigenvalue weighted by Crippen LogP contribution is -2.37. The molecular formula is C66H106N2O12. The molecule has 0 aliphatic heterocycles. The number of carbonyl (C=O) groups is 6. The fraction of sp³-hybridized carbons (Fsp3) is 0.667. The maximum Gasteiger partial charge on any atom is 0.410 e. The minimum absolute atomic E-state index is 0.134. The van der Waals surface area contributed by atoms with Crippen molar-refractivity contribution in [3.05, 3.63) is 95.1 Å². The summed E-state index contributed by atoms with van der Waals surface area (Å²) < 4.78 is 22.0.